The van der Waals surface area contributed by atoms with Gasteiger partial charge in [-0.25, -0.2) is 10.3 Å². The highest BCUT2D eigenvalue weighted by Crippen LogP contribution is 2.62. The number of hydrogen-bond donors (Lipinski definition) is 2. The van der Waals surface area contributed by atoms with E-state index in [0.717, 1.165) is 0 Å². The van der Waals surface area contributed by atoms with Gasteiger partial charge in [0, 0.05) is 17.9 Å². The Morgan fingerprint density at radius 1 is 1.29 bits per heavy atom. The van der Waals surface area contributed by atoms with Gasteiger partial charge in [0.05, 0.1) is 18.9 Å². The molecule has 0 aliphatic carbocycles. The summed E-state index contributed by atoms with van der Waals surface area (Å²) in [7, 11) is 1.49. The second-order valence-corrected chi connectivity index (χ2v) is 11.0. The van der Waals surface area contributed by atoms with Gasteiger partial charge in [0.15, 0.2) is 0 Å². The molecule has 0 unspecified atom stereocenters. The number of carbonyl (C=O) groups excluding carboxylic acids is 1. The summed E-state index contributed by atoms with van der Waals surface area (Å²) < 4.78 is 11.1. The summed E-state index contributed by atoms with van der Waals surface area (Å²) >= 11 is 6.75. The minimum absolute atomic E-state index is 0.250. The summed E-state index contributed by atoms with van der Waals surface area (Å²) in [5.74, 6) is 0. The van der Waals surface area contributed by atoms with Gasteiger partial charge in [-0.3, -0.25) is 0 Å². The van der Waals surface area contributed by atoms with Crippen LogP contribution in [0, 0.1) is 5.41 Å². The van der Waals surface area contributed by atoms with E-state index in [1.165, 1.54) is 18.4 Å². The summed E-state index contributed by atoms with van der Waals surface area (Å²) in [6, 6.07) is 0. The molecular weight excluding hydrogens is 331 g/mol. The fraction of sp³-hybridized carbons (Fsp3) is 0.750. The molecule has 0 rings (SSSR count). The highest BCUT2D eigenvalue weighted by atomic mass is 32.9. The third kappa shape index (κ3) is 8.68. The van der Waals surface area contributed by atoms with Crippen molar-refractivity contribution in [3.8, 4) is 0 Å². The number of amides is 1. The van der Waals surface area contributed by atoms with Crippen LogP contribution in [0.15, 0.2) is 11.1 Å². The summed E-state index contributed by atoms with van der Waals surface area (Å²) in [4.78, 5) is 16.0. The van der Waals surface area contributed by atoms with Crippen molar-refractivity contribution in [2.45, 2.75) is 34.6 Å². The predicted molar refractivity (Wildman–Crippen MR) is 91.3 cm³/mol. The zero-order valence-electron chi connectivity index (χ0n) is 13.4. The Morgan fingerprint density at radius 2 is 1.81 bits per heavy atom. The maximum atomic E-state index is 11.2. The van der Waals surface area contributed by atoms with Gasteiger partial charge in [0.1, 0.15) is 0 Å². The van der Waals surface area contributed by atoms with Crippen LogP contribution in [0.2, 0.25) is 0 Å². The Hall–Kier alpha value is -0.270. The number of carbonyl (C=O) groups is 1. The molecule has 0 fully saturated rings. The first-order valence-electron chi connectivity index (χ1n) is 6.61. The van der Waals surface area contributed by atoms with Crippen LogP contribution in [0.4, 0.5) is 4.79 Å². The van der Waals surface area contributed by atoms with Gasteiger partial charge in [-0.15, -0.1) is 0 Å². The first-order valence-corrected chi connectivity index (χ1v) is 10.7. The summed E-state index contributed by atoms with van der Waals surface area (Å²) in [5.41, 5.74) is 0.699. The van der Waals surface area contributed by atoms with Crippen molar-refractivity contribution in [1.82, 2.24) is 10.8 Å². The third-order valence-electron chi connectivity index (χ3n) is 2.14. The first kappa shape index (κ1) is 20.7. The van der Waals surface area contributed by atoms with Gasteiger partial charge in [0.25, 0.3) is 5.69 Å². The molecule has 0 spiro atoms. The molecule has 0 aliphatic rings. The van der Waals surface area contributed by atoms with E-state index in [1.54, 1.807) is 5.41 Å². The van der Waals surface area contributed by atoms with Crippen molar-refractivity contribution in [2.75, 3.05) is 20.3 Å². The number of nitrogens with one attached hydrogen (secondary N) is 2. The molecule has 0 aromatic rings. The molecule has 6 nitrogen and oxygen atoms in total. The van der Waals surface area contributed by atoms with Crippen molar-refractivity contribution in [2.24, 2.45) is 5.41 Å². The topological polar surface area (TPSA) is 68.8 Å². The highest BCUT2D eigenvalue weighted by Gasteiger charge is 2.23. The normalized spacial score (nSPS) is 13.0. The summed E-state index contributed by atoms with van der Waals surface area (Å²) in [5, 5.41) is 4.16. The molecule has 0 saturated heterocycles. The maximum absolute atomic E-state index is 11.2. The minimum Gasteiger partial charge on any atom is -0.325 e. The van der Waals surface area contributed by atoms with Crippen LogP contribution in [-0.2, 0) is 25.7 Å². The molecular formula is C12H25N2O4PS2. The van der Waals surface area contributed by atoms with E-state index < -0.39 is 11.8 Å². The Kier molecular flexibility index (Phi) is 9.56. The Balaban J connectivity index is 4.98. The van der Waals surface area contributed by atoms with E-state index in [0.29, 0.717) is 18.9 Å². The van der Waals surface area contributed by atoms with E-state index in [1.807, 2.05) is 34.6 Å². The Labute approximate surface area is 136 Å². The molecule has 1 amide bonds. The fourth-order valence-corrected chi connectivity index (χ4v) is 5.22. The minimum atomic E-state index is -2.42. The largest absolute Gasteiger partial charge is 0.431 e. The Morgan fingerprint density at radius 3 is 2.19 bits per heavy atom. The summed E-state index contributed by atoms with van der Waals surface area (Å²) in [6.07, 6.45) is -0.566. The van der Waals surface area contributed by atoms with Gasteiger partial charge < -0.3 is 19.2 Å². The van der Waals surface area contributed by atoms with Gasteiger partial charge in [-0.1, -0.05) is 20.8 Å². The summed E-state index contributed by atoms with van der Waals surface area (Å²) in [6.45, 7) is 10.7. The van der Waals surface area contributed by atoms with Crippen LogP contribution in [0.1, 0.15) is 34.6 Å². The SMILES string of the molecule is CCOP(=S)(OCC)S/C=C(/NOC(=O)NC)C(C)(C)C. The molecule has 9 heteroatoms. The lowest BCUT2D eigenvalue weighted by molar-refractivity contribution is 0.0975. The van der Waals surface area contributed by atoms with E-state index in [2.05, 4.69) is 10.8 Å². The van der Waals surface area contributed by atoms with Crippen LogP contribution in [-0.4, -0.2) is 26.4 Å². The standard InChI is InChI=1S/C12H25N2O4PS2/c1-7-16-19(20,17-8-2)21-9-10(12(3,4)5)14-18-11(15)13-6/h9,14H,7-8H2,1-6H3,(H,13,15)/b10-9+. The van der Waals surface area contributed by atoms with Gasteiger partial charge in [-0.2, -0.15) is 0 Å². The molecule has 0 aromatic carbocycles. The second kappa shape index (κ2) is 9.69. The number of hydroxylamine groups is 1. The zero-order valence-corrected chi connectivity index (χ0v) is 15.9. The lowest BCUT2D eigenvalue weighted by Gasteiger charge is -2.25. The molecule has 0 bridgehead atoms. The van der Waals surface area contributed by atoms with Crippen molar-refractivity contribution in [3.63, 3.8) is 0 Å². The van der Waals surface area contributed by atoms with E-state index in [4.69, 9.17) is 25.7 Å². The van der Waals surface area contributed by atoms with Crippen molar-refractivity contribution in [3.05, 3.63) is 11.1 Å². The monoisotopic (exact) mass is 356 g/mol. The van der Waals surface area contributed by atoms with Crippen molar-refractivity contribution < 1.29 is 18.7 Å². The molecule has 0 atom stereocenters. The van der Waals surface area contributed by atoms with Crippen LogP contribution >= 0.6 is 17.1 Å². The molecule has 21 heavy (non-hydrogen) atoms. The average molecular weight is 356 g/mol. The maximum Gasteiger partial charge on any atom is 0.431 e. The second-order valence-electron chi connectivity index (χ2n) is 4.91. The van der Waals surface area contributed by atoms with Crippen LogP contribution < -0.4 is 10.8 Å². The molecule has 0 heterocycles. The molecule has 0 radical (unpaired) electrons. The van der Waals surface area contributed by atoms with Gasteiger partial charge in [-0.05, 0) is 37.0 Å². The smallest absolute Gasteiger partial charge is 0.325 e. The molecule has 0 aliphatic heterocycles. The van der Waals surface area contributed by atoms with Crippen LogP contribution in [0.3, 0.4) is 0 Å². The number of rotatable bonds is 8. The molecule has 0 aromatic heterocycles. The lowest BCUT2D eigenvalue weighted by atomic mass is 9.93. The third-order valence-corrected chi connectivity index (χ3v) is 7.02. The van der Waals surface area contributed by atoms with E-state index >= 15 is 0 Å². The van der Waals surface area contributed by atoms with Crippen LogP contribution in [0.5, 0.6) is 0 Å². The van der Waals surface area contributed by atoms with E-state index in [9.17, 15) is 4.79 Å². The van der Waals surface area contributed by atoms with E-state index in [-0.39, 0.29) is 5.41 Å². The molecule has 124 valence electrons. The number of hydrogen-bond acceptors (Lipinski definition) is 7. The van der Waals surface area contributed by atoms with Crippen LogP contribution in [0.25, 0.3) is 0 Å². The Bertz CT molecular complexity index is 401. The highest BCUT2D eigenvalue weighted by molar-refractivity contribution is 8.69. The zero-order chi connectivity index (χ0) is 16.5. The fourth-order valence-electron chi connectivity index (χ4n) is 1.04. The predicted octanol–water partition coefficient (Wildman–Crippen LogP) is 3.77. The first-order chi connectivity index (χ1) is 9.68. The average Bonchev–Trinajstić information content (AvgIpc) is 2.37. The van der Waals surface area contributed by atoms with Gasteiger partial charge in [0.2, 0.25) is 0 Å². The molecule has 0 saturated carbocycles. The lowest BCUT2D eigenvalue weighted by Crippen LogP contribution is -2.31. The van der Waals surface area contributed by atoms with Crippen molar-refractivity contribution in [1.29, 1.82) is 0 Å². The van der Waals surface area contributed by atoms with Gasteiger partial charge >= 0.3 is 6.09 Å². The quantitative estimate of drug-likeness (QED) is 0.507. The van der Waals surface area contributed by atoms with Crippen molar-refractivity contribution >= 4 is 35.0 Å². The number of allylic oxidation sites excluding steroid dienone is 1. The molecule has 2 N–H and O–H groups in total.